The van der Waals surface area contributed by atoms with E-state index < -0.39 is 23.1 Å². The fraction of sp³-hybridized carbons (Fsp3) is 0.158. The molecule has 0 saturated carbocycles. The molecule has 2 N–H and O–H groups in total. The molecule has 0 bridgehead atoms. The van der Waals surface area contributed by atoms with E-state index in [0.29, 0.717) is 5.56 Å². The summed E-state index contributed by atoms with van der Waals surface area (Å²) in [5.41, 5.74) is -0.445. The first kappa shape index (κ1) is 17.8. The van der Waals surface area contributed by atoms with E-state index in [-0.39, 0.29) is 17.8 Å². The van der Waals surface area contributed by atoms with Gasteiger partial charge in [0.15, 0.2) is 0 Å². The van der Waals surface area contributed by atoms with Gasteiger partial charge in [-0.15, -0.1) is 0 Å². The summed E-state index contributed by atoms with van der Waals surface area (Å²) in [6.45, 7) is 1.44. The number of carbonyl (C=O) groups is 1. The molecule has 1 heterocycles. The van der Waals surface area contributed by atoms with Crippen LogP contribution in [0.15, 0.2) is 60.9 Å². The van der Waals surface area contributed by atoms with E-state index in [1.54, 1.807) is 18.2 Å². The second kappa shape index (κ2) is 7.05. The van der Waals surface area contributed by atoms with Gasteiger partial charge in [-0.25, -0.2) is 13.5 Å². The van der Waals surface area contributed by atoms with Gasteiger partial charge in [0.25, 0.3) is 5.91 Å². The molecular formula is C19H17F2N3O2. The molecule has 3 rings (SSSR count). The molecule has 134 valence electrons. The molecule has 7 heteroatoms. The number of hydrogen-bond acceptors (Lipinski definition) is 3. The highest BCUT2D eigenvalue weighted by Gasteiger charge is 2.24. The highest BCUT2D eigenvalue weighted by molar-refractivity contribution is 5.93. The van der Waals surface area contributed by atoms with Crippen molar-refractivity contribution in [3.63, 3.8) is 0 Å². The summed E-state index contributed by atoms with van der Waals surface area (Å²) in [6, 6.07) is 11.5. The fourth-order valence-corrected chi connectivity index (χ4v) is 2.47. The molecule has 0 aliphatic heterocycles. The zero-order chi connectivity index (χ0) is 18.7. The Hall–Kier alpha value is -3.06. The molecule has 0 spiro atoms. The lowest BCUT2D eigenvalue weighted by Crippen LogP contribution is -2.38. The van der Waals surface area contributed by atoms with Crippen molar-refractivity contribution in [2.45, 2.75) is 12.5 Å². The molecule has 0 unspecified atom stereocenters. The number of nitrogens with zero attached hydrogens (tertiary/aromatic N) is 2. The second-order valence-corrected chi connectivity index (χ2v) is 6.09. The Balaban J connectivity index is 1.69. The number of hydrogen-bond donors (Lipinski definition) is 2. The first-order valence-electron chi connectivity index (χ1n) is 7.93. The van der Waals surface area contributed by atoms with E-state index in [4.69, 9.17) is 0 Å². The van der Waals surface area contributed by atoms with Crippen LogP contribution in [0.2, 0.25) is 0 Å². The van der Waals surface area contributed by atoms with E-state index in [9.17, 15) is 18.7 Å². The summed E-state index contributed by atoms with van der Waals surface area (Å²) < 4.78 is 28.0. The number of halogens is 2. The van der Waals surface area contributed by atoms with Crippen molar-refractivity contribution in [2.75, 3.05) is 6.54 Å². The van der Waals surface area contributed by atoms with Crippen molar-refractivity contribution in [2.24, 2.45) is 0 Å². The maximum Gasteiger partial charge on any atom is 0.254 e. The van der Waals surface area contributed by atoms with Crippen LogP contribution in [0.3, 0.4) is 0 Å². The molecule has 1 aromatic heterocycles. The van der Waals surface area contributed by atoms with E-state index in [0.717, 1.165) is 0 Å². The molecule has 0 saturated heterocycles. The Kier molecular flexibility index (Phi) is 4.81. The summed E-state index contributed by atoms with van der Waals surface area (Å²) in [5, 5.41) is 17.1. The quantitative estimate of drug-likeness (QED) is 0.738. The third kappa shape index (κ3) is 3.78. The Morgan fingerprint density at radius 2 is 1.88 bits per heavy atom. The zero-order valence-corrected chi connectivity index (χ0v) is 14.0. The van der Waals surface area contributed by atoms with Crippen LogP contribution in [0.1, 0.15) is 22.8 Å². The standard InChI is InChI=1S/C19H17F2N3O2/c1-19(26,14-6-8-15(20)9-7-14)12-22-18(25)13-10-23-24(11-13)17-5-3-2-4-16(17)21/h2-11,26H,12H2,1H3,(H,22,25)/t19-/m0/s1. The third-order valence-electron chi connectivity index (χ3n) is 4.00. The van der Waals surface area contributed by atoms with E-state index in [1.165, 1.54) is 54.3 Å². The number of rotatable bonds is 5. The lowest BCUT2D eigenvalue weighted by Gasteiger charge is -2.24. The van der Waals surface area contributed by atoms with E-state index in [2.05, 4.69) is 10.4 Å². The summed E-state index contributed by atoms with van der Waals surface area (Å²) in [6.07, 6.45) is 2.72. The first-order valence-corrected chi connectivity index (χ1v) is 7.93. The van der Waals surface area contributed by atoms with Crippen LogP contribution < -0.4 is 5.32 Å². The summed E-state index contributed by atoms with van der Waals surface area (Å²) in [7, 11) is 0. The fourth-order valence-electron chi connectivity index (χ4n) is 2.47. The second-order valence-electron chi connectivity index (χ2n) is 6.09. The minimum Gasteiger partial charge on any atom is -0.384 e. The molecule has 0 fully saturated rings. The van der Waals surface area contributed by atoms with Crippen molar-refractivity contribution >= 4 is 5.91 Å². The minimum absolute atomic E-state index is 0.0810. The van der Waals surface area contributed by atoms with Crippen LogP contribution in [-0.2, 0) is 5.60 Å². The van der Waals surface area contributed by atoms with Gasteiger partial charge in [-0.3, -0.25) is 4.79 Å². The van der Waals surface area contributed by atoms with E-state index >= 15 is 0 Å². The third-order valence-corrected chi connectivity index (χ3v) is 4.00. The Labute approximate surface area is 148 Å². The van der Waals surface area contributed by atoms with Crippen molar-refractivity contribution in [3.8, 4) is 5.69 Å². The van der Waals surface area contributed by atoms with Gasteiger partial charge in [-0.05, 0) is 36.8 Å². The number of amides is 1. The van der Waals surface area contributed by atoms with Crippen LogP contribution in [0, 0.1) is 11.6 Å². The van der Waals surface area contributed by atoms with Gasteiger partial charge in [0, 0.05) is 6.20 Å². The summed E-state index contributed by atoms with van der Waals surface area (Å²) in [4.78, 5) is 12.3. The van der Waals surface area contributed by atoms with Gasteiger partial charge in [0.2, 0.25) is 0 Å². The largest absolute Gasteiger partial charge is 0.384 e. The number of nitrogens with one attached hydrogen (secondary N) is 1. The molecule has 1 atom stereocenters. The van der Waals surface area contributed by atoms with Crippen molar-refractivity contribution in [3.05, 3.63) is 83.7 Å². The van der Waals surface area contributed by atoms with Crippen LogP contribution in [-0.4, -0.2) is 27.3 Å². The molecule has 1 amide bonds. The summed E-state index contributed by atoms with van der Waals surface area (Å²) in [5.74, 6) is -1.33. The molecule has 0 aliphatic rings. The topological polar surface area (TPSA) is 67.2 Å². The molecule has 0 radical (unpaired) electrons. The SMILES string of the molecule is C[C@](O)(CNC(=O)c1cnn(-c2ccccc2F)c1)c1ccc(F)cc1. The predicted molar refractivity (Wildman–Crippen MR) is 91.8 cm³/mol. The van der Waals surface area contributed by atoms with Crippen molar-refractivity contribution < 1.29 is 18.7 Å². The van der Waals surface area contributed by atoms with Crippen LogP contribution in [0.4, 0.5) is 8.78 Å². The molecule has 2 aromatic carbocycles. The van der Waals surface area contributed by atoms with Crippen molar-refractivity contribution in [1.29, 1.82) is 0 Å². The Bertz CT molecular complexity index is 921. The number of aromatic nitrogens is 2. The van der Waals surface area contributed by atoms with Crippen molar-refractivity contribution in [1.82, 2.24) is 15.1 Å². The molecule has 0 aliphatic carbocycles. The summed E-state index contributed by atoms with van der Waals surface area (Å²) >= 11 is 0. The smallest absolute Gasteiger partial charge is 0.254 e. The average molecular weight is 357 g/mol. The highest BCUT2D eigenvalue weighted by atomic mass is 19.1. The average Bonchev–Trinajstić information content (AvgIpc) is 3.10. The monoisotopic (exact) mass is 357 g/mol. The minimum atomic E-state index is -1.37. The van der Waals surface area contributed by atoms with Gasteiger partial charge in [-0.1, -0.05) is 24.3 Å². The van der Waals surface area contributed by atoms with Gasteiger partial charge in [0.05, 0.1) is 18.3 Å². The van der Waals surface area contributed by atoms with E-state index in [1.807, 2.05) is 0 Å². The molecule has 26 heavy (non-hydrogen) atoms. The number of carbonyl (C=O) groups excluding carboxylic acids is 1. The van der Waals surface area contributed by atoms with Crippen LogP contribution in [0.5, 0.6) is 0 Å². The normalized spacial score (nSPS) is 13.2. The van der Waals surface area contributed by atoms with Gasteiger partial charge in [0.1, 0.15) is 22.9 Å². The van der Waals surface area contributed by atoms with Crippen LogP contribution in [0.25, 0.3) is 5.69 Å². The number of para-hydroxylation sites is 1. The number of benzene rings is 2. The predicted octanol–water partition coefficient (Wildman–Crippen LogP) is 2.79. The zero-order valence-electron chi connectivity index (χ0n) is 14.0. The number of aliphatic hydroxyl groups is 1. The maximum absolute atomic E-state index is 13.8. The highest BCUT2D eigenvalue weighted by Crippen LogP contribution is 2.20. The maximum atomic E-state index is 13.8. The Morgan fingerprint density at radius 3 is 2.58 bits per heavy atom. The molecule has 3 aromatic rings. The molecule has 5 nitrogen and oxygen atoms in total. The Morgan fingerprint density at radius 1 is 1.19 bits per heavy atom. The van der Waals surface area contributed by atoms with Gasteiger partial charge in [-0.2, -0.15) is 5.10 Å². The van der Waals surface area contributed by atoms with Gasteiger partial charge < -0.3 is 10.4 Å². The van der Waals surface area contributed by atoms with Gasteiger partial charge >= 0.3 is 0 Å². The lowest BCUT2D eigenvalue weighted by atomic mass is 9.96. The van der Waals surface area contributed by atoms with Crippen LogP contribution >= 0.6 is 0 Å². The first-order chi connectivity index (χ1) is 12.4. The molecular weight excluding hydrogens is 340 g/mol. The lowest BCUT2D eigenvalue weighted by molar-refractivity contribution is 0.0526.